The van der Waals surface area contributed by atoms with Crippen LogP contribution in [0.2, 0.25) is 0 Å². The maximum absolute atomic E-state index is 12.0. The van der Waals surface area contributed by atoms with Crippen molar-refractivity contribution in [2.24, 2.45) is 5.92 Å². The molecule has 0 aliphatic heterocycles. The van der Waals surface area contributed by atoms with Crippen LogP contribution in [0.5, 0.6) is 0 Å². The van der Waals surface area contributed by atoms with Crippen LogP contribution < -0.4 is 4.72 Å². The fraction of sp³-hybridized carbons (Fsp3) is 0.667. The number of hydrogen-bond acceptors (Lipinski definition) is 3. The summed E-state index contributed by atoms with van der Waals surface area (Å²) in [5, 5.41) is 0.206. The van der Waals surface area contributed by atoms with Crippen molar-refractivity contribution in [1.82, 2.24) is 4.72 Å². The van der Waals surface area contributed by atoms with Crippen molar-refractivity contribution < 1.29 is 8.42 Å². The molecule has 2 rings (SSSR count). The molecule has 1 saturated carbocycles. The smallest absolute Gasteiger partial charge is 0.210 e. The monoisotopic (exact) mass is 307 g/mol. The highest BCUT2D eigenvalue weighted by atomic mass is 35.5. The number of alkyl halides is 1. The third-order valence-electron chi connectivity index (χ3n) is 3.26. The highest BCUT2D eigenvalue weighted by Gasteiger charge is 2.23. The second kappa shape index (κ2) is 5.90. The van der Waals surface area contributed by atoms with E-state index in [1.807, 2.05) is 13.0 Å². The van der Waals surface area contributed by atoms with Gasteiger partial charge < -0.3 is 0 Å². The van der Waals surface area contributed by atoms with E-state index in [9.17, 15) is 8.42 Å². The van der Waals surface area contributed by atoms with E-state index < -0.39 is 10.0 Å². The first kappa shape index (κ1) is 14.3. The van der Waals surface area contributed by atoms with Gasteiger partial charge in [0.15, 0.2) is 0 Å². The summed E-state index contributed by atoms with van der Waals surface area (Å²) in [4.78, 5) is 1.01. The molecule has 0 spiro atoms. The van der Waals surface area contributed by atoms with Gasteiger partial charge in [0.05, 0.1) is 0 Å². The molecule has 1 aromatic rings. The first-order valence-corrected chi connectivity index (χ1v) is 8.91. The number of thiophene rings is 1. The lowest BCUT2D eigenvalue weighted by atomic mass is 9.89. The van der Waals surface area contributed by atoms with Crippen LogP contribution in [0.15, 0.2) is 16.3 Å². The lowest BCUT2D eigenvalue weighted by Crippen LogP contribution is -2.31. The van der Waals surface area contributed by atoms with Crippen LogP contribution in [0.25, 0.3) is 0 Å². The van der Waals surface area contributed by atoms with E-state index in [2.05, 4.69) is 4.72 Å². The predicted molar refractivity (Wildman–Crippen MR) is 75.8 cm³/mol. The van der Waals surface area contributed by atoms with Crippen molar-refractivity contribution in [3.05, 3.63) is 17.0 Å². The van der Waals surface area contributed by atoms with Crippen LogP contribution in [0.1, 0.15) is 30.6 Å². The topological polar surface area (TPSA) is 46.2 Å². The molecule has 1 aliphatic carbocycles. The van der Waals surface area contributed by atoms with E-state index >= 15 is 0 Å². The molecule has 0 aromatic carbocycles. The van der Waals surface area contributed by atoms with Gasteiger partial charge in [-0.05, 0) is 44.2 Å². The summed E-state index contributed by atoms with van der Waals surface area (Å²) >= 11 is 7.41. The van der Waals surface area contributed by atoms with E-state index in [4.69, 9.17) is 11.6 Å². The molecule has 1 aliphatic rings. The molecule has 0 saturated heterocycles. The van der Waals surface area contributed by atoms with Gasteiger partial charge in [-0.25, -0.2) is 13.1 Å². The highest BCUT2D eigenvalue weighted by molar-refractivity contribution is 7.91. The summed E-state index contributed by atoms with van der Waals surface area (Å²) in [6.07, 6.45) is 4.12. The van der Waals surface area contributed by atoms with Crippen molar-refractivity contribution in [2.45, 2.75) is 42.2 Å². The SMILES string of the molecule is Cc1ccc(S(=O)(=O)NCC2CCCC(Cl)C2)s1. The van der Waals surface area contributed by atoms with E-state index in [-0.39, 0.29) is 5.38 Å². The minimum absolute atomic E-state index is 0.206. The largest absolute Gasteiger partial charge is 0.250 e. The maximum Gasteiger partial charge on any atom is 0.250 e. The van der Waals surface area contributed by atoms with Crippen molar-refractivity contribution in [3.63, 3.8) is 0 Å². The number of sulfonamides is 1. The maximum atomic E-state index is 12.0. The van der Waals surface area contributed by atoms with Gasteiger partial charge in [-0.15, -0.1) is 22.9 Å². The minimum Gasteiger partial charge on any atom is -0.210 e. The Morgan fingerprint density at radius 2 is 2.22 bits per heavy atom. The Morgan fingerprint density at radius 3 is 2.83 bits per heavy atom. The van der Waals surface area contributed by atoms with Gasteiger partial charge in [0.2, 0.25) is 10.0 Å². The molecular formula is C12H18ClNO2S2. The molecule has 6 heteroatoms. The van der Waals surface area contributed by atoms with Gasteiger partial charge >= 0.3 is 0 Å². The molecule has 0 radical (unpaired) electrons. The van der Waals surface area contributed by atoms with Gasteiger partial charge in [0.1, 0.15) is 4.21 Å². The fourth-order valence-electron chi connectivity index (χ4n) is 2.27. The summed E-state index contributed by atoms with van der Waals surface area (Å²) in [5.74, 6) is 0.372. The lowest BCUT2D eigenvalue weighted by molar-refractivity contribution is 0.362. The van der Waals surface area contributed by atoms with Crippen molar-refractivity contribution in [1.29, 1.82) is 0 Å². The van der Waals surface area contributed by atoms with Gasteiger partial charge in [0.25, 0.3) is 0 Å². The normalized spacial score (nSPS) is 25.2. The Morgan fingerprint density at radius 1 is 1.44 bits per heavy atom. The zero-order valence-corrected chi connectivity index (χ0v) is 12.7. The van der Waals surface area contributed by atoms with Crippen LogP contribution in [0.3, 0.4) is 0 Å². The summed E-state index contributed by atoms with van der Waals surface area (Å²) in [7, 11) is -3.33. The summed E-state index contributed by atoms with van der Waals surface area (Å²) in [6, 6.07) is 3.49. The molecule has 2 atom stereocenters. The molecule has 0 amide bonds. The molecule has 1 heterocycles. The zero-order valence-electron chi connectivity index (χ0n) is 10.4. The van der Waals surface area contributed by atoms with Crippen molar-refractivity contribution in [2.75, 3.05) is 6.54 Å². The average molecular weight is 308 g/mol. The number of rotatable bonds is 4. The van der Waals surface area contributed by atoms with Crippen molar-refractivity contribution >= 4 is 33.0 Å². The quantitative estimate of drug-likeness (QED) is 0.869. The molecule has 1 fully saturated rings. The average Bonchev–Trinajstić information content (AvgIpc) is 2.74. The fourth-order valence-corrected chi connectivity index (χ4v) is 5.12. The predicted octanol–water partition coefficient (Wildman–Crippen LogP) is 3.13. The molecule has 1 aromatic heterocycles. The second-order valence-electron chi connectivity index (χ2n) is 4.85. The molecule has 0 bridgehead atoms. The number of halogens is 1. The lowest BCUT2D eigenvalue weighted by Gasteiger charge is -2.25. The van der Waals surface area contributed by atoms with Crippen LogP contribution in [0.4, 0.5) is 0 Å². The Bertz CT molecular complexity index is 498. The molecule has 18 heavy (non-hydrogen) atoms. The highest BCUT2D eigenvalue weighted by Crippen LogP contribution is 2.28. The Balaban J connectivity index is 1.93. The van der Waals surface area contributed by atoms with Gasteiger partial charge in [-0.3, -0.25) is 0 Å². The Hall–Kier alpha value is -0.100. The first-order chi connectivity index (χ1) is 8.47. The molecule has 3 nitrogen and oxygen atoms in total. The first-order valence-electron chi connectivity index (χ1n) is 6.17. The third kappa shape index (κ3) is 3.70. The van der Waals surface area contributed by atoms with E-state index in [0.29, 0.717) is 16.7 Å². The Labute approximate surface area is 118 Å². The summed E-state index contributed by atoms with van der Waals surface area (Å²) < 4.78 is 27.2. The number of hydrogen-bond donors (Lipinski definition) is 1. The second-order valence-corrected chi connectivity index (χ2v) is 8.75. The zero-order chi connectivity index (χ0) is 13.2. The number of aryl methyl sites for hydroxylation is 1. The summed E-state index contributed by atoms with van der Waals surface area (Å²) in [5.41, 5.74) is 0. The van der Waals surface area contributed by atoms with Gasteiger partial charge in [0, 0.05) is 16.8 Å². The van der Waals surface area contributed by atoms with E-state index in [1.54, 1.807) is 6.07 Å². The van der Waals surface area contributed by atoms with Crippen LogP contribution in [-0.2, 0) is 10.0 Å². The van der Waals surface area contributed by atoms with E-state index in [0.717, 1.165) is 30.6 Å². The van der Waals surface area contributed by atoms with Crippen LogP contribution in [0, 0.1) is 12.8 Å². The number of nitrogens with one attached hydrogen (secondary N) is 1. The van der Waals surface area contributed by atoms with Crippen molar-refractivity contribution in [3.8, 4) is 0 Å². The summed E-state index contributed by atoms with van der Waals surface area (Å²) in [6.45, 7) is 2.41. The Kier molecular flexibility index (Phi) is 4.69. The standard InChI is InChI=1S/C12H18ClNO2S2/c1-9-5-6-12(17-9)18(15,16)14-8-10-3-2-4-11(13)7-10/h5-6,10-11,14H,2-4,7-8H2,1H3. The van der Waals surface area contributed by atoms with Gasteiger partial charge in [-0.1, -0.05) is 6.42 Å². The molecule has 102 valence electrons. The molecule has 1 N–H and O–H groups in total. The van der Waals surface area contributed by atoms with Crippen LogP contribution in [-0.4, -0.2) is 20.3 Å². The molecular weight excluding hydrogens is 290 g/mol. The minimum atomic E-state index is -3.33. The molecule has 2 unspecified atom stereocenters. The third-order valence-corrected chi connectivity index (χ3v) is 6.57. The van der Waals surface area contributed by atoms with E-state index in [1.165, 1.54) is 11.3 Å². The van der Waals surface area contributed by atoms with Gasteiger partial charge in [-0.2, -0.15) is 0 Å². The van der Waals surface area contributed by atoms with Crippen LogP contribution >= 0.6 is 22.9 Å².